The van der Waals surface area contributed by atoms with Crippen molar-refractivity contribution >= 4 is 125 Å². The average molecular weight is 1640 g/mol. The first-order valence-electron chi connectivity index (χ1n) is 37.3. The lowest BCUT2D eigenvalue weighted by Gasteiger charge is -2.16. The fraction of sp³-hybridized carbons (Fsp3) is 0.321. The molecule has 0 aliphatic heterocycles. The Hall–Kier alpha value is -10.3. The molecule has 31 heteroatoms. The molecule has 0 fully saturated rings. The van der Waals surface area contributed by atoms with E-state index in [9.17, 15) is 28.4 Å². The Labute approximate surface area is 673 Å². The predicted octanol–water partition coefficient (Wildman–Crippen LogP) is 20.3. The van der Waals surface area contributed by atoms with Crippen LogP contribution in [0, 0.1) is 5.82 Å². The summed E-state index contributed by atoms with van der Waals surface area (Å²) < 4.78 is 23.8. The molecule has 0 saturated carbocycles. The highest BCUT2D eigenvalue weighted by Crippen LogP contribution is 2.41. The van der Waals surface area contributed by atoms with Crippen molar-refractivity contribution in [1.82, 2.24) is 92.4 Å². The van der Waals surface area contributed by atoms with E-state index in [1.165, 1.54) is 18.3 Å². The summed E-state index contributed by atoms with van der Waals surface area (Å²) in [5.41, 5.74) is 13.8. The van der Waals surface area contributed by atoms with Gasteiger partial charge in [0.05, 0.1) is 58.9 Å². The van der Waals surface area contributed by atoms with Crippen LogP contribution in [0.5, 0.6) is 0 Å². The normalized spacial score (nSPS) is 11.5. The number of fused-ring (bicyclic) bond motifs is 5. The fourth-order valence-corrected chi connectivity index (χ4v) is 15.9. The van der Waals surface area contributed by atoms with Crippen molar-refractivity contribution in [2.75, 3.05) is 0 Å². The third kappa shape index (κ3) is 16.9. The van der Waals surface area contributed by atoms with Crippen molar-refractivity contribution in [3.8, 4) is 55.6 Å². The third-order valence-electron chi connectivity index (χ3n) is 20.2. The zero-order valence-electron chi connectivity index (χ0n) is 63.7. The first-order valence-corrected chi connectivity index (χ1v) is 39.5. The molecule has 13 aromatic heterocycles. The van der Waals surface area contributed by atoms with Crippen LogP contribution in [0.15, 0.2) is 165 Å². The quantitative estimate of drug-likeness (QED) is 0.0475. The minimum Gasteiger partial charge on any atom is -0.290 e. The molecule has 2 aromatic carbocycles. The Balaban J connectivity index is 0.000000138. The summed E-state index contributed by atoms with van der Waals surface area (Å²) in [6.45, 7) is 20.6. The number of nitrogens with zero attached hydrogens (tertiary/aromatic N) is 14. The predicted molar refractivity (Wildman–Crippen MR) is 449 cm³/mol. The van der Waals surface area contributed by atoms with E-state index in [4.69, 9.17) is 69.6 Å². The first-order chi connectivity index (χ1) is 54.0. The summed E-state index contributed by atoms with van der Waals surface area (Å²) in [6.07, 6.45) is 26.8. The molecule has 0 unspecified atom stereocenters. The van der Waals surface area contributed by atoms with Gasteiger partial charge in [-0.15, -0.1) is 0 Å². The molecule has 0 amide bonds. The fourth-order valence-electron chi connectivity index (χ4n) is 14.5. The maximum atomic E-state index is 13.2. The smallest absolute Gasteiger partial charge is 0.290 e. The van der Waals surface area contributed by atoms with Gasteiger partial charge >= 0.3 is 28.4 Å². The molecule has 0 aliphatic carbocycles. The minimum absolute atomic E-state index is 0.0516. The number of aryl methyl sites for hydroxylation is 1. The Morgan fingerprint density at radius 2 is 0.607 bits per heavy atom. The Kier molecular flexibility index (Phi) is 27.2. The van der Waals surface area contributed by atoms with Gasteiger partial charge in [0, 0.05) is 143 Å². The molecule has 584 valence electrons. The molecule has 0 bridgehead atoms. The van der Waals surface area contributed by atoms with Gasteiger partial charge in [0.25, 0.3) is 0 Å². The zero-order valence-corrected chi connectivity index (χ0v) is 68.2. The third-order valence-corrected chi connectivity index (χ3v) is 21.9. The molecule has 5 N–H and O–H groups in total. The number of rotatable bonds is 20. The van der Waals surface area contributed by atoms with Gasteiger partial charge < -0.3 is 0 Å². The highest BCUT2D eigenvalue weighted by atomic mass is 35.5. The number of benzene rings is 2. The van der Waals surface area contributed by atoms with Crippen molar-refractivity contribution in [2.45, 2.75) is 164 Å². The molecule has 0 spiro atoms. The maximum absolute atomic E-state index is 13.2. The summed E-state index contributed by atoms with van der Waals surface area (Å²) in [7, 11) is 1.85. The van der Waals surface area contributed by atoms with Crippen molar-refractivity contribution in [3.63, 3.8) is 0 Å². The second kappa shape index (κ2) is 36.9. The van der Waals surface area contributed by atoms with Gasteiger partial charge in [-0.25, -0.2) is 53.3 Å². The summed E-state index contributed by atoms with van der Waals surface area (Å²) in [5, 5.41) is 7.35. The molecule has 0 radical (unpaired) electrons. The van der Waals surface area contributed by atoms with Gasteiger partial charge in [-0.1, -0.05) is 169 Å². The molecule has 13 heterocycles. The summed E-state index contributed by atoms with van der Waals surface area (Å²) in [5.74, 6) is -0.318. The summed E-state index contributed by atoms with van der Waals surface area (Å²) in [6, 6.07) is 21.5. The van der Waals surface area contributed by atoms with Crippen LogP contribution in [0.3, 0.4) is 0 Å². The number of aromatic amines is 5. The molecular formula is C81H86Cl6FN19O5. The molecule has 112 heavy (non-hydrogen) atoms. The first kappa shape index (κ1) is 82.7. The van der Waals surface area contributed by atoms with Crippen molar-refractivity contribution in [2.24, 2.45) is 7.05 Å². The van der Waals surface area contributed by atoms with Gasteiger partial charge in [-0.2, -0.15) is 5.10 Å². The SMILES string of the molecule is CCC(CC)n1c(=O)[nH]c2ncc(Cl)c(-c3ccc(Cl)cc3)c21.CCC(CC)n1c(=O)[nH]c2ncc(Cl)c(-c3ccc(F)cc3)c21.CCC(CC)n1c(=O)[nH]c2ncc(Cl)c(-c3cccnc3)c21.CCC(CC)n1c(=O)[nH]c2ncc(Cl)c(-c3ccncc3)c21.CCC(CC)n1c(=O)[nH]c2ncc(Cl)c(-c3cnn(C)c3)c21. The van der Waals surface area contributed by atoms with E-state index in [0.29, 0.717) is 69.5 Å². The Morgan fingerprint density at radius 3 is 0.875 bits per heavy atom. The summed E-state index contributed by atoms with van der Waals surface area (Å²) in [4.78, 5) is 106. The van der Waals surface area contributed by atoms with E-state index in [2.05, 4.69) is 120 Å². The number of pyridine rings is 7. The van der Waals surface area contributed by atoms with Crippen LogP contribution >= 0.6 is 69.6 Å². The van der Waals surface area contributed by atoms with Gasteiger partial charge in [0.15, 0.2) is 28.2 Å². The molecule has 15 rings (SSSR count). The topological polar surface area (TPSA) is 297 Å². The lowest BCUT2D eigenvalue weighted by molar-refractivity contribution is 0.471. The second-order valence-electron chi connectivity index (χ2n) is 26.6. The standard InChI is InChI=1S/C17H17Cl2N3O.C17H17ClFN3O.2C16H17ClN4O.C15H18ClN5O/c1-3-12(4-2)22-15-14(10-5-7-11(18)8-6-10)13(19)9-20-16(15)21-17(22)23;1-3-12(4-2)22-15-14(10-5-7-11(19)8-6-10)13(18)9-20-16(15)21-17(22)23;1-3-11(4-2)21-14-13(10-5-7-18-8-6-10)12(17)9-19-15(14)20-16(21)22;1-3-11(4-2)21-14-13(10-6-5-7-18-8-10)12(17)9-19-15(14)20-16(21)22;1-4-10(5-2)21-13-12(9-6-18-20(3)8-9)11(16)7-17-14(13)19-15(21)22/h2*5-9,12H,3-4H2,1-2H3,(H,20,21,23);2*5-9,11H,3-4H2,1-2H3,(H,19,20,22);6-8,10H,4-5H2,1-3H3,(H,17,19,22). The highest BCUT2D eigenvalue weighted by Gasteiger charge is 2.27. The van der Waals surface area contributed by atoms with Crippen LogP contribution in [-0.2, 0) is 7.05 Å². The van der Waals surface area contributed by atoms with Crippen LogP contribution in [0.4, 0.5) is 4.39 Å². The van der Waals surface area contributed by atoms with Gasteiger partial charge in [0.1, 0.15) is 5.82 Å². The average Bonchev–Trinajstić information content (AvgIpc) is 1.68. The van der Waals surface area contributed by atoms with Gasteiger partial charge in [-0.3, -0.25) is 62.4 Å². The van der Waals surface area contributed by atoms with E-state index in [1.807, 2.05) is 75.6 Å². The molecule has 0 saturated heterocycles. The summed E-state index contributed by atoms with van der Waals surface area (Å²) >= 11 is 37.9. The van der Waals surface area contributed by atoms with E-state index in [-0.39, 0.29) is 64.5 Å². The largest absolute Gasteiger partial charge is 0.327 e. The zero-order chi connectivity index (χ0) is 80.4. The molecular weight excluding hydrogens is 1550 g/mol. The van der Waals surface area contributed by atoms with E-state index in [0.717, 1.165) is 136 Å². The lowest BCUT2D eigenvalue weighted by atomic mass is 10.0. The van der Waals surface area contributed by atoms with Crippen molar-refractivity contribution in [1.29, 1.82) is 0 Å². The maximum Gasteiger partial charge on any atom is 0.327 e. The number of H-pyrrole nitrogens is 5. The lowest BCUT2D eigenvalue weighted by Crippen LogP contribution is -2.21. The monoisotopic (exact) mass is 1630 g/mol. The van der Waals surface area contributed by atoms with Crippen molar-refractivity contribution in [3.05, 3.63) is 229 Å². The Bertz CT molecular complexity index is 5780. The minimum atomic E-state index is -0.318. The van der Waals surface area contributed by atoms with E-state index >= 15 is 0 Å². The van der Waals surface area contributed by atoms with E-state index in [1.54, 1.807) is 95.4 Å². The van der Waals surface area contributed by atoms with E-state index < -0.39 is 0 Å². The number of aromatic nitrogens is 19. The van der Waals surface area contributed by atoms with Crippen LogP contribution in [0.2, 0.25) is 30.1 Å². The van der Waals surface area contributed by atoms with Crippen LogP contribution in [-0.4, -0.2) is 92.4 Å². The molecule has 24 nitrogen and oxygen atoms in total. The van der Waals surface area contributed by atoms with Gasteiger partial charge in [0.2, 0.25) is 0 Å². The van der Waals surface area contributed by atoms with Crippen LogP contribution in [0.25, 0.3) is 111 Å². The second-order valence-corrected chi connectivity index (χ2v) is 29.1. The van der Waals surface area contributed by atoms with Crippen molar-refractivity contribution < 1.29 is 4.39 Å². The number of nitrogens with one attached hydrogen (secondary N) is 5. The Morgan fingerprint density at radius 1 is 0.330 bits per heavy atom. The van der Waals surface area contributed by atoms with Gasteiger partial charge in [-0.05, 0) is 123 Å². The number of hydrogen-bond donors (Lipinski definition) is 5. The molecule has 15 aromatic rings. The number of hydrogen-bond acceptors (Lipinski definition) is 13. The molecule has 0 atom stereocenters. The van der Waals surface area contributed by atoms with Crippen LogP contribution < -0.4 is 28.4 Å². The number of imidazole rings is 5. The highest BCUT2D eigenvalue weighted by molar-refractivity contribution is 6.36. The van der Waals surface area contributed by atoms with Crippen LogP contribution in [0.1, 0.15) is 164 Å². The molecule has 0 aliphatic rings. The number of halogens is 7.